The summed E-state index contributed by atoms with van der Waals surface area (Å²) >= 11 is 12.7. The minimum atomic E-state index is -3.92. The van der Waals surface area contributed by atoms with Crippen molar-refractivity contribution in [3.8, 4) is 11.5 Å². The van der Waals surface area contributed by atoms with Crippen LogP contribution in [-0.4, -0.2) is 63.7 Å². The lowest BCUT2D eigenvalue weighted by molar-refractivity contribution is -0.140. The number of nitrogens with one attached hydrogen (secondary N) is 1. The van der Waals surface area contributed by atoms with Crippen molar-refractivity contribution in [2.24, 2.45) is 0 Å². The maximum atomic E-state index is 13.7. The second-order valence-electron chi connectivity index (χ2n) is 9.45. The Hall–Kier alpha value is -2.69. The zero-order valence-electron chi connectivity index (χ0n) is 22.0. The highest BCUT2D eigenvalue weighted by Crippen LogP contribution is 2.33. The summed E-state index contributed by atoms with van der Waals surface area (Å²) in [6.07, 6.45) is 0.988. The van der Waals surface area contributed by atoms with Gasteiger partial charge in [0.25, 0.3) is 0 Å². The van der Waals surface area contributed by atoms with Crippen LogP contribution < -0.4 is 19.1 Å². The van der Waals surface area contributed by atoms with E-state index in [4.69, 9.17) is 32.7 Å². The van der Waals surface area contributed by atoms with Crippen molar-refractivity contribution in [1.29, 1.82) is 0 Å². The number of anilines is 1. The van der Waals surface area contributed by atoms with E-state index in [1.54, 1.807) is 25.1 Å². The Kier molecular flexibility index (Phi) is 10.1. The van der Waals surface area contributed by atoms with E-state index in [9.17, 15) is 18.0 Å². The molecule has 2 rings (SSSR count). The smallest absolute Gasteiger partial charge is 0.244 e. The molecule has 1 N–H and O–H groups in total. The highest BCUT2D eigenvalue weighted by Gasteiger charge is 2.32. The molecule has 2 amide bonds. The van der Waals surface area contributed by atoms with Crippen LogP contribution in [0.1, 0.15) is 33.3 Å². The van der Waals surface area contributed by atoms with Gasteiger partial charge in [-0.3, -0.25) is 13.9 Å². The van der Waals surface area contributed by atoms with Gasteiger partial charge in [0.2, 0.25) is 21.8 Å². The number of nitrogens with zero attached hydrogens (tertiary/aromatic N) is 2. The van der Waals surface area contributed by atoms with Gasteiger partial charge in [0.05, 0.1) is 26.2 Å². The third kappa shape index (κ3) is 8.15. The molecule has 0 heterocycles. The topological polar surface area (TPSA) is 105 Å². The molecular weight excluding hydrogens is 541 g/mol. The molecule has 9 nitrogen and oxygen atoms in total. The Morgan fingerprint density at radius 3 is 2.08 bits per heavy atom. The van der Waals surface area contributed by atoms with E-state index < -0.39 is 40.0 Å². The van der Waals surface area contributed by atoms with Crippen LogP contribution in [0.3, 0.4) is 0 Å². The molecule has 2 aromatic rings. The Morgan fingerprint density at radius 2 is 1.59 bits per heavy atom. The highest BCUT2D eigenvalue weighted by atomic mass is 35.5. The van der Waals surface area contributed by atoms with Gasteiger partial charge in [-0.1, -0.05) is 29.3 Å². The number of carbonyl (C=O) groups is 2. The van der Waals surface area contributed by atoms with Crippen molar-refractivity contribution in [2.45, 2.75) is 45.8 Å². The molecule has 0 aliphatic carbocycles. The number of sulfonamides is 1. The second-order valence-corrected chi connectivity index (χ2v) is 12.2. The fourth-order valence-electron chi connectivity index (χ4n) is 3.50. The highest BCUT2D eigenvalue weighted by molar-refractivity contribution is 7.92. The standard InChI is InChI=1S/C25H33Cl2N3O6S/c1-16(24(32)28-25(2,3)4)29(14-18-19(26)9-8-10-20(18)27)23(31)15-30(37(7,33)34)17-11-12-21(35-5)22(13-17)36-6/h8-13,16H,14-15H2,1-7H3,(H,28,32). The van der Waals surface area contributed by atoms with Gasteiger partial charge in [-0.25, -0.2) is 8.42 Å². The van der Waals surface area contributed by atoms with Crippen LogP contribution in [0.2, 0.25) is 10.0 Å². The van der Waals surface area contributed by atoms with Gasteiger partial charge in [0, 0.05) is 33.8 Å². The molecule has 204 valence electrons. The quantitative estimate of drug-likeness (QED) is 0.458. The normalized spacial score (nSPS) is 12.5. The summed E-state index contributed by atoms with van der Waals surface area (Å²) in [5.74, 6) is -0.360. The summed E-state index contributed by atoms with van der Waals surface area (Å²) in [7, 11) is -1.04. The van der Waals surface area contributed by atoms with Gasteiger partial charge in [-0.05, 0) is 52.0 Å². The van der Waals surface area contributed by atoms with E-state index in [-0.39, 0.29) is 12.2 Å². The molecule has 0 fully saturated rings. The molecule has 0 saturated carbocycles. The molecule has 0 aromatic heterocycles. The fourth-order valence-corrected chi connectivity index (χ4v) is 4.86. The lowest BCUT2D eigenvalue weighted by Crippen LogP contribution is -2.54. The van der Waals surface area contributed by atoms with Crippen molar-refractivity contribution in [2.75, 3.05) is 31.3 Å². The molecule has 0 spiro atoms. The van der Waals surface area contributed by atoms with Crippen LogP contribution in [-0.2, 0) is 26.2 Å². The van der Waals surface area contributed by atoms with E-state index in [1.165, 1.54) is 37.3 Å². The first-order chi connectivity index (χ1) is 17.1. The average Bonchev–Trinajstić information content (AvgIpc) is 2.79. The van der Waals surface area contributed by atoms with E-state index in [1.807, 2.05) is 20.8 Å². The third-order valence-corrected chi connectivity index (χ3v) is 7.24. The van der Waals surface area contributed by atoms with E-state index in [0.717, 1.165) is 10.6 Å². The predicted molar refractivity (Wildman–Crippen MR) is 146 cm³/mol. The van der Waals surface area contributed by atoms with Crippen molar-refractivity contribution in [3.05, 3.63) is 52.0 Å². The minimum absolute atomic E-state index is 0.112. The number of ether oxygens (including phenoxy) is 2. The molecule has 0 radical (unpaired) electrons. The van der Waals surface area contributed by atoms with Gasteiger partial charge < -0.3 is 19.7 Å². The van der Waals surface area contributed by atoms with Crippen molar-refractivity contribution < 1.29 is 27.5 Å². The molecular formula is C25H33Cl2N3O6S. The summed E-state index contributed by atoms with van der Waals surface area (Å²) in [6.45, 7) is 6.32. The number of methoxy groups -OCH3 is 2. The minimum Gasteiger partial charge on any atom is -0.493 e. The SMILES string of the molecule is COc1ccc(N(CC(=O)N(Cc2c(Cl)cccc2Cl)C(C)C(=O)NC(C)(C)C)S(C)(=O)=O)cc1OC. The van der Waals surface area contributed by atoms with Crippen molar-refractivity contribution in [3.63, 3.8) is 0 Å². The zero-order chi connectivity index (χ0) is 28.1. The Labute approximate surface area is 228 Å². The zero-order valence-corrected chi connectivity index (χ0v) is 24.3. The monoisotopic (exact) mass is 573 g/mol. The van der Waals surface area contributed by atoms with Gasteiger partial charge >= 0.3 is 0 Å². The number of carbonyl (C=O) groups excluding carboxylic acids is 2. The fraction of sp³-hybridized carbons (Fsp3) is 0.440. The second kappa shape index (κ2) is 12.2. The number of benzene rings is 2. The van der Waals surface area contributed by atoms with Crippen LogP contribution in [0.4, 0.5) is 5.69 Å². The molecule has 0 aliphatic heterocycles. The summed E-state index contributed by atoms with van der Waals surface area (Å²) < 4.78 is 37.0. The van der Waals surface area contributed by atoms with Gasteiger partial charge in [0.15, 0.2) is 11.5 Å². The number of halogens is 2. The number of amides is 2. The summed E-state index contributed by atoms with van der Waals surface area (Å²) in [6, 6.07) is 8.44. The molecule has 1 atom stereocenters. The predicted octanol–water partition coefficient (Wildman–Crippen LogP) is 4.11. The van der Waals surface area contributed by atoms with E-state index in [2.05, 4.69) is 5.32 Å². The Balaban J connectivity index is 2.51. The first kappa shape index (κ1) is 30.5. The van der Waals surface area contributed by atoms with Crippen LogP contribution in [0, 0.1) is 0 Å². The van der Waals surface area contributed by atoms with Crippen molar-refractivity contribution >= 4 is 50.7 Å². The first-order valence-electron chi connectivity index (χ1n) is 11.3. The van der Waals surface area contributed by atoms with E-state index in [0.29, 0.717) is 27.1 Å². The van der Waals surface area contributed by atoms with Crippen LogP contribution in [0.15, 0.2) is 36.4 Å². The van der Waals surface area contributed by atoms with E-state index >= 15 is 0 Å². The lowest BCUT2D eigenvalue weighted by Gasteiger charge is -2.33. The summed E-state index contributed by atoms with van der Waals surface area (Å²) in [4.78, 5) is 28.0. The molecule has 12 heteroatoms. The first-order valence-corrected chi connectivity index (χ1v) is 13.9. The maximum Gasteiger partial charge on any atom is 0.244 e. The van der Waals surface area contributed by atoms with Crippen LogP contribution in [0.25, 0.3) is 0 Å². The third-order valence-electron chi connectivity index (χ3n) is 5.39. The molecule has 0 aliphatic rings. The summed E-state index contributed by atoms with van der Waals surface area (Å²) in [5, 5.41) is 3.48. The number of hydrogen-bond donors (Lipinski definition) is 1. The van der Waals surface area contributed by atoms with Crippen molar-refractivity contribution in [1.82, 2.24) is 10.2 Å². The van der Waals surface area contributed by atoms with Crippen LogP contribution >= 0.6 is 23.2 Å². The van der Waals surface area contributed by atoms with Gasteiger partial charge in [0.1, 0.15) is 12.6 Å². The summed E-state index contributed by atoms with van der Waals surface area (Å²) in [5.41, 5.74) is 0.0724. The largest absolute Gasteiger partial charge is 0.493 e. The molecule has 0 bridgehead atoms. The maximum absolute atomic E-state index is 13.7. The molecule has 37 heavy (non-hydrogen) atoms. The number of hydrogen-bond acceptors (Lipinski definition) is 6. The van der Waals surface area contributed by atoms with Gasteiger partial charge in [-0.15, -0.1) is 0 Å². The Morgan fingerprint density at radius 1 is 1.03 bits per heavy atom. The molecule has 0 saturated heterocycles. The lowest BCUT2D eigenvalue weighted by atomic mass is 10.1. The van der Waals surface area contributed by atoms with Gasteiger partial charge in [-0.2, -0.15) is 0 Å². The number of rotatable bonds is 10. The average molecular weight is 575 g/mol. The van der Waals surface area contributed by atoms with Crippen LogP contribution in [0.5, 0.6) is 11.5 Å². The Bertz CT molecular complexity index is 1230. The molecule has 1 unspecified atom stereocenters. The molecule has 2 aromatic carbocycles.